The number of fused-ring (bicyclic) bond motifs is 7. The summed E-state index contributed by atoms with van der Waals surface area (Å²) in [6, 6.07) is 0. The highest BCUT2D eigenvalue weighted by Crippen LogP contribution is 2.76. The van der Waals surface area contributed by atoms with Gasteiger partial charge in [0.1, 0.15) is 176 Å². The van der Waals surface area contributed by atoms with Crippen LogP contribution in [0.4, 0.5) is 0 Å². The predicted octanol–water partition coefficient (Wildman–Crippen LogP) is -7.47. The molecule has 57 atom stereocenters. The van der Waals surface area contributed by atoms with E-state index in [1.807, 2.05) is 27.7 Å². The smallest absolute Gasteiger partial charge is 0.335 e. The third-order valence-corrected chi connectivity index (χ3v) is 35.8. The maximum absolute atomic E-state index is 16.8. The van der Waals surface area contributed by atoms with Gasteiger partial charge < -0.3 is 232 Å². The standard InChI is InChI=1S/C99H160O51/c1-14-37(3)47(136-56(109)26-43(106)25-48(38(4)15-2)137-85-66(119)62(115)51(32-102)138-85)24-42(105)27-57(110)142-75-59(112)40(6)134-89(79(75)149-88-72(125)77(146-86-68(121)64(117)60(113)49(30-100)139-86)73(41(7)135-88)143-83-71(124)74(46(107)33-131-83)144-91-81(126)98(130,35-104)36-132-91)150-92(129)99-23-22-93(8,9)28-45(99)44-16-17-53-94(10)20-19-55(95(11,34-103)52(94)18-21-96(53,12)97(44,13)29-54(99)108)141-90-80(148-87-69(122)65(118)61(114)50(31-101)140-87)76(70(123)78(147-90)82(127)128)145-84-67(120)63(116)58(111)39(5)133-84/h16,34,37-43,45-55,58-81,83-91,100-102,104-108,111-126,130H,14-15,17-33,35-36H2,1-13H3,(H,127,128)/t37-,38+,39+,40-,41+,42+,43+,45+,46-,47-,48+,49-,50-,51+,52-,53-,54-,55+,58+,59+,60-,61+,62+,63-,64+,65+,66-,67-,68-,69-,70+,71-,72-,73+,74+,75+,76+,77+,78+,79-,80-,81+,83+,84+,85-,86+,87+,88+,89+,90-,91+,94+,95+,96-,97-,98-,99-/m1/s1. The fourth-order valence-electron chi connectivity index (χ4n) is 25.8. The van der Waals surface area contributed by atoms with E-state index in [0.29, 0.717) is 25.7 Å². The molecule has 150 heavy (non-hydrogen) atoms. The van der Waals surface area contributed by atoms with E-state index in [2.05, 4.69) is 19.9 Å². The Balaban J connectivity index is 0.764. The lowest BCUT2D eigenvalue weighted by atomic mass is 9.33. The van der Waals surface area contributed by atoms with Gasteiger partial charge in [-0.3, -0.25) is 14.4 Å². The highest BCUT2D eigenvalue weighted by Gasteiger charge is 2.74. The van der Waals surface area contributed by atoms with E-state index in [4.69, 9.17) is 94.7 Å². The minimum atomic E-state index is -2.41. The lowest BCUT2D eigenvalue weighted by Crippen LogP contribution is -2.69. The van der Waals surface area contributed by atoms with Gasteiger partial charge in [-0.1, -0.05) is 93.7 Å². The maximum atomic E-state index is 16.8. The molecule has 4 saturated carbocycles. The largest absolute Gasteiger partial charge is 0.479 e. The van der Waals surface area contributed by atoms with Crippen LogP contribution < -0.4 is 0 Å². The highest BCUT2D eigenvalue weighted by atomic mass is 16.8. The number of aliphatic carboxylic acids is 1. The number of allylic oxidation sites excluding steroid dienone is 2. The van der Waals surface area contributed by atoms with Crippen molar-refractivity contribution in [2.45, 2.75) is 474 Å². The summed E-state index contributed by atoms with van der Waals surface area (Å²) in [4.78, 5) is 73.6. The zero-order valence-electron chi connectivity index (χ0n) is 86.3. The number of aliphatic hydroxyl groups is 25. The number of ether oxygens (including phenoxy) is 20. The Labute approximate surface area is 865 Å². The number of carboxylic acid groups (broad SMARTS) is 1. The summed E-state index contributed by atoms with van der Waals surface area (Å²) in [6.07, 6.45) is -82.4. The molecule has 14 rings (SSSR count). The number of hydrogen-bond acceptors (Lipinski definition) is 50. The van der Waals surface area contributed by atoms with Gasteiger partial charge in [0.2, 0.25) is 6.29 Å². The summed E-state index contributed by atoms with van der Waals surface area (Å²) in [5, 5.41) is 292. The van der Waals surface area contributed by atoms with Crippen molar-refractivity contribution in [3.63, 3.8) is 0 Å². The van der Waals surface area contributed by atoms with Crippen LogP contribution >= 0.6 is 0 Å². The van der Waals surface area contributed by atoms with Crippen molar-refractivity contribution >= 4 is 30.2 Å². The predicted molar refractivity (Wildman–Crippen MR) is 495 cm³/mol. The minimum absolute atomic E-state index is 0.00117. The summed E-state index contributed by atoms with van der Waals surface area (Å²) in [6.45, 7) is 17.8. The Morgan fingerprint density at radius 3 is 1.53 bits per heavy atom. The van der Waals surface area contributed by atoms with Crippen LogP contribution in [0.5, 0.6) is 0 Å². The molecule has 9 aliphatic heterocycles. The van der Waals surface area contributed by atoms with Crippen LogP contribution in [-0.4, -0.2) is 491 Å². The average Bonchev–Trinajstić information content (AvgIpc) is 0.794. The molecule has 0 aromatic rings. The number of aldehydes is 1. The molecule has 14 aliphatic rings. The number of esters is 3. The van der Waals surface area contributed by atoms with E-state index >= 15 is 9.59 Å². The summed E-state index contributed by atoms with van der Waals surface area (Å²) in [5.74, 6) is -7.89. The maximum Gasteiger partial charge on any atom is 0.335 e. The SMILES string of the molecule is CC[C@@H](C)[C@@H](C[C@H](O)CC(=O)O[C@H]1[C@@H](O)[C@@H](C)O[C@@H](OC(=O)[C@]23CCC(C)(C)C[C@H]2C2=CC[C@@H]4[C@@]5(C)CC[C@H](O[C@@H]6O[C@H](C(=O)O)[C@@H](O)[C@H](O[C@@H]7O[C@@H](C)[C@H](O)[C@@H](O)[C@H]7O)[C@H]6O[C@@H]6O[C@H](CO)[C@H](O)[C@H](O)[C@H]6O)[C@@](C)(C=O)[C@@H]5CC[C@@]4(C)[C@]2(C)C[C@H]3O)[C@@H]1O[C@@H]1O[C@@H](C)[C@H](O[C@@H]2OC[C@@H](O)[C@H](O[C@@H]3OC[C@](O)(CO)[C@H]3O)[C@H]2O)[C@@H](O[C@@H]2O[C@H](CO)[C@@H](O)[C@H](O)[C@H]2O)[C@H]1O)OC(=O)C[C@@H](O)C[C@H](O[C@@H]1O[C@@H](CO)[C@H](O)[C@H]1O)[C@@H](C)CC. The van der Waals surface area contributed by atoms with Crippen LogP contribution in [0.25, 0.3) is 0 Å². The first-order valence-electron chi connectivity index (χ1n) is 52.3. The lowest BCUT2D eigenvalue weighted by Gasteiger charge is -2.71. The third-order valence-electron chi connectivity index (χ3n) is 35.8. The van der Waals surface area contributed by atoms with E-state index in [-0.39, 0.29) is 63.2 Å². The number of carboxylic acids is 1. The zero-order chi connectivity index (χ0) is 110. The molecule has 0 aromatic heterocycles. The molecule has 0 radical (unpaired) electrons. The van der Waals surface area contributed by atoms with E-state index in [1.54, 1.807) is 27.7 Å². The number of carbonyl (C=O) groups is 5. The van der Waals surface area contributed by atoms with Crippen molar-refractivity contribution in [1.29, 1.82) is 0 Å². The van der Waals surface area contributed by atoms with Crippen molar-refractivity contribution in [3.8, 4) is 0 Å². The molecule has 9 heterocycles. The van der Waals surface area contributed by atoms with E-state index in [1.165, 1.54) is 20.8 Å². The second-order valence-electron chi connectivity index (χ2n) is 45.8. The van der Waals surface area contributed by atoms with Crippen LogP contribution in [0.15, 0.2) is 11.6 Å². The normalized spacial score (nSPS) is 49.4. The fourth-order valence-corrected chi connectivity index (χ4v) is 25.8. The van der Waals surface area contributed by atoms with Crippen LogP contribution in [0.2, 0.25) is 0 Å². The van der Waals surface area contributed by atoms with Gasteiger partial charge in [-0.2, -0.15) is 0 Å². The van der Waals surface area contributed by atoms with Crippen LogP contribution in [0, 0.1) is 62.1 Å². The van der Waals surface area contributed by atoms with Gasteiger partial charge in [0.15, 0.2) is 68.6 Å². The molecule has 0 amide bonds. The topological polar surface area (TPSA) is 796 Å². The van der Waals surface area contributed by atoms with Gasteiger partial charge in [0.05, 0.1) is 107 Å². The van der Waals surface area contributed by atoms with E-state index in [0.717, 1.165) is 11.9 Å². The molecule has 51 nitrogen and oxygen atoms in total. The van der Waals surface area contributed by atoms with Crippen molar-refractivity contribution in [1.82, 2.24) is 0 Å². The van der Waals surface area contributed by atoms with Crippen molar-refractivity contribution in [2.24, 2.45) is 62.1 Å². The second-order valence-corrected chi connectivity index (χ2v) is 45.8. The van der Waals surface area contributed by atoms with Crippen LogP contribution in [0.1, 0.15) is 186 Å². The Hall–Kier alpha value is -4.39. The zero-order valence-corrected chi connectivity index (χ0v) is 86.3. The molecule has 0 bridgehead atoms. The molecule has 5 aliphatic carbocycles. The average molecular weight is 2170 g/mol. The van der Waals surface area contributed by atoms with Gasteiger partial charge in [-0.25, -0.2) is 4.79 Å². The third kappa shape index (κ3) is 23.4. The van der Waals surface area contributed by atoms with Crippen molar-refractivity contribution in [2.75, 3.05) is 39.6 Å². The van der Waals surface area contributed by atoms with Gasteiger partial charge in [0.25, 0.3) is 0 Å². The first kappa shape index (κ1) is 121. The number of aliphatic hydroxyl groups excluding tert-OH is 24. The Bertz CT molecular complexity index is 4490. The first-order valence-corrected chi connectivity index (χ1v) is 52.3. The first-order chi connectivity index (χ1) is 70.4. The van der Waals surface area contributed by atoms with Crippen molar-refractivity contribution < 1.29 is 251 Å². The molecule has 0 unspecified atom stereocenters. The minimum Gasteiger partial charge on any atom is -0.479 e. The second kappa shape index (κ2) is 48.3. The van der Waals surface area contributed by atoms with Crippen LogP contribution in [0.3, 0.4) is 0 Å². The number of rotatable bonds is 38. The highest BCUT2D eigenvalue weighted by molar-refractivity contribution is 5.80. The van der Waals surface area contributed by atoms with Crippen LogP contribution in [-0.2, 0) is 119 Å². The molecule has 0 aromatic carbocycles. The van der Waals surface area contributed by atoms with Crippen molar-refractivity contribution in [3.05, 3.63) is 11.6 Å². The Morgan fingerprint density at radius 2 is 0.960 bits per heavy atom. The summed E-state index contributed by atoms with van der Waals surface area (Å²) >= 11 is 0. The fraction of sp³-hybridized carbons (Fsp3) is 0.929. The molecule has 9 saturated heterocycles. The molecular weight excluding hydrogens is 2010 g/mol. The van der Waals surface area contributed by atoms with Gasteiger partial charge >= 0.3 is 23.9 Å². The van der Waals surface area contributed by atoms with Gasteiger partial charge in [-0.15, -0.1) is 0 Å². The monoisotopic (exact) mass is 2160 g/mol. The van der Waals surface area contributed by atoms with E-state index < -0.39 is 421 Å². The molecule has 13 fully saturated rings. The summed E-state index contributed by atoms with van der Waals surface area (Å²) < 4.78 is 123. The number of carbonyl (C=O) groups excluding carboxylic acids is 4. The molecule has 26 N–H and O–H groups in total. The Kier molecular flexibility index (Phi) is 38.9. The molecule has 51 heteroatoms. The van der Waals surface area contributed by atoms with Gasteiger partial charge in [0, 0.05) is 12.8 Å². The van der Waals surface area contributed by atoms with Gasteiger partial charge in [-0.05, 0) is 130 Å². The quantitative estimate of drug-likeness (QED) is 0.00898. The summed E-state index contributed by atoms with van der Waals surface area (Å²) in [5.41, 5.74) is -8.29. The summed E-state index contributed by atoms with van der Waals surface area (Å²) in [7, 11) is 0. The number of hydrogen-bond donors (Lipinski definition) is 26. The molecular formula is C99H160O51. The lowest BCUT2D eigenvalue weighted by molar-refractivity contribution is -0.396. The molecule has 862 valence electrons. The van der Waals surface area contributed by atoms with E-state index in [9.17, 15) is 147 Å². The Morgan fingerprint density at radius 1 is 0.467 bits per heavy atom. The molecule has 0 spiro atoms.